The van der Waals surface area contributed by atoms with Gasteiger partial charge in [-0.05, 0) is 35.9 Å². The van der Waals surface area contributed by atoms with Crippen LogP contribution in [0, 0.1) is 0 Å². The van der Waals surface area contributed by atoms with Gasteiger partial charge in [-0.1, -0.05) is 39.7 Å². The first-order valence-electron chi connectivity index (χ1n) is 4.41. The van der Waals surface area contributed by atoms with E-state index in [9.17, 15) is 5.11 Å². The third kappa shape index (κ3) is 2.33. The van der Waals surface area contributed by atoms with Crippen LogP contribution in [0.5, 0.6) is 5.75 Å². The highest BCUT2D eigenvalue weighted by Gasteiger charge is 2.04. The Bertz CT molecular complexity index is 497. The molecule has 0 aliphatic heterocycles. The van der Waals surface area contributed by atoms with Crippen molar-refractivity contribution >= 4 is 27.5 Å². The van der Waals surface area contributed by atoms with Gasteiger partial charge >= 0.3 is 0 Å². The molecule has 0 saturated heterocycles. The Morgan fingerprint density at radius 2 is 1.87 bits per heavy atom. The van der Waals surface area contributed by atoms with Crippen LogP contribution in [0.15, 0.2) is 46.9 Å². The number of phenolic OH excluding ortho intramolecular Hbond substituents is 1. The molecule has 15 heavy (non-hydrogen) atoms. The molecular weight excluding hydrogens is 275 g/mol. The third-order valence-electron chi connectivity index (χ3n) is 2.10. The molecule has 2 aromatic carbocycles. The van der Waals surface area contributed by atoms with Gasteiger partial charge in [0.25, 0.3) is 0 Å². The van der Waals surface area contributed by atoms with E-state index in [2.05, 4.69) is 15.9 Å². The lowest BCUT2D eigenvalue weighted by atomic mass is 10.1. The zero-order valence-corrected chi connectivity index (χ0v) is 10.1. The summed E-state index contributed by atoms with van der Waals surface area (Å²) < 4.78 is 0.981. The van der Waals surface area contributed by atoms with E-state index in [0.29, 0.717) is 5.02 Å². The van der Waals surface area contributed by atoms with Gasteiger partial charge in [0.05, 0.1) is 0 Å². The molecule has 3 heteroatoms. The maximum absolute atomic E-state index is 9.74. The van der Waals surface area contributed by atoms with Crippen molar-refractivity contribution in [3.8, 4) is 16.9 Å². The van der Waals surface area contributed by atoms with Gasteiger partial charge in [0.1, 0.15) is 5.75 Å². The Balaban J connectivity index is 2.54. The lowest BCUT2D eigenvalue weighted by Crippen LogP contribution is -1.79. The third-order valence-corrected chi connectivity index (χ3v) is 2.82. The van der Waals surface area contributed by atoms with Crippen LogP contribution in [-0.2, 0) is 0 Å². The fraction of sp³-hybridized carbons (Fsp3) is 0. The largest absolute Gasteiger partial charge is 0.507 e. The van der Waals surface area contributed by atoms with E-state index in [0.717, 1.165) is 15.6 Å². The van der Waals surface area contributed by atoms with E-state index in [1.807, 2.05) is 24.3 Å². The first-order valence-corrected chi connectivity index (χ1v) is 5.58. The molecule has 0 aliphatic carbocycles. The lowest BCUT2D eigenvalue weighted by Gasteiger charge is -2.05. The van der Waals surface area contributed by atoms with Crippen LogP contribution in [0.25, 0.3) is 11.1 Å². The maximum atomic E-state index is 9.74. The molecule has 2 aromatic rings. The molecule has 0 bridgehead atoms. The van der Waals surface area contributed by atoms with Crippen LogP contribution >= 0.6 is 27.5 Å². The van der Waals surface area contributed by atoms with Crippen molar-refractivity contribution in [3.63, 3.8) is 0 Å². The van der Waals surface area contributed by atoms with Crippen LogP contribution < -0.4 is 0 Å². The number of benzene rings is 2. The molecule has 0 aliphatic rings. The van der Waals surface area contributed by atoms with Crippen molar-refractivity contribution in [2.24, 2.45) is 0 Å². The highest BCUT2D eigenvalue weighted by Crippen LogP contribution is 2.32. The Labute approximate surface area is 101 Å². The highest BCUT2D eigenvalue weighted by atomic mass is 79.9. The molecule has 0 unspecified atom stereocenters. The minimum atomic E-state index is 0.195. The summed E-state index contributed by atoms with van der Waals surface area (Å²) in [6.45, 7) is 0. The zero-order chi connectivity index (χ0) is 10.8. The number of halogens is 2. The second kappa shape index (κ2) is 4.25. The summed E-state index contributed by atoms with van der Waals surface area (Å²) >= 11 is 9.16. The molecule has 0 heterocycles. The summed E-state index contributed by atoms with van der Waals surface area (Å²) in [6.07, 6.45) is 0. The van der Waals surface area contributed by atoms with Gasteiger partial charge in [-0.25, -0.2) is 0 Å². The molecule has 0 atom stereocenters. The summed E-state index contributed by atoms with van der Waals surface area (Å²) in [5, 5.41) is 10.3. The smallest absolute Gasteiger partial charge is 0.124 e. The quantitative estimate of drug-likeness (QED) is 0.818. The van der Waals surface area contributed by atoms with E-state index in [-0.39, 0.29) is 5.75 Å². The average Bonchev–Trinajstić information content (AvgIpc) is 2.17. The molecule has 0 spiro atoms. The van der Waals surface area contributed by atoms with Crippen LogP contribution in [0.1, 0.15) is 0 Å². The first kappa shape index (κ1) is 10.5. The summed E-state index contributed by atoms with van der Waals surface area (Å²) in [5.74, 6) is 0.195. The monoisotopic (exact) mass is 282 g/mol. The molecule has 0 aromatic heterocycles. The standard InChI is InChI=1S/C12H8BrClO/c13-9-3-1-2-8(6-9)11-5-4-10(14)7-12(11)15/h1-7,15H. The molecule has 0 radical (unpaired) electrons. The number of hydrogen-bond acceptors (Lipinski definition) is 1. The van der Waals surface area contributed by atoms with Crippen LogP contribution in [0.2, 0.25) is 5.02 Å². The molecule has 2 rings (SSSR count). The predicted molar refractivity (Wildman–Crippen MR) is 66.3 cm³/mol. The van der Waals surface area contributed by atoms with Crippen molar-refractivity contribution in [1.82, 2.24) is 0 Å². The van der Waals surface area contributed by atoms with Crippen LogP contribution in [0.3, 0.4) is 0 Å². The number of phenols is 1. The minimum absolute atomic E-state index is 0.195. The Morgan fingerprint density at radius 1 is 1.07 bits per heavy atom. The molecule has 76 valence electrons. The molecule has 0 saturated carbocycles. The van der Waals surface area contributed by atoms with Gasteiger partial charge in [0, 0.05) is 15.1 Å². The van der Waals surface area contributed by atoms with E-state index in [1.165, 1.54) is 6.07 Å². The summed E-state index contributed by atoms with van der Waals surface area (Å²) in [7, 11) is 0. The summed E-state index contributed by atoms with van der Waals surface area (Å²) in [6, 6.07) is 12.9. The molecule has 1 N–H and O–H groups in total. The van der Waals surface area contributed by atoms with E-state index < -0.39 is 0 Å². The van der Waals surface area contributed by atoms with E-state index in [4.69, 9.17) is 11.6 Å². The SMILES string of the molecule is Oc1cc(Cl)ccc1-c1cccc(Br)c1. The van der Waals surface area contributed by atoms with Crippen molar-refractivity contribution < 1.29 is 5.11 Å². The highest BCUT2D eigenvalue weighted by molar-refractivity contribution is 9.10. The number of rotatable bonds is 1. The lowest BCUT2D eigenvalue weighted by molar-refractivity contribution is 0.477. The van der Waals surface area contributed by atoms with Crippen LogP contribution in [-0.4, -0.2) is 5.11 Å². The average molecular weight is 284 g/mol. The van der Waals surface area contributed by atoms with Gasteiger partial charge in [0.2, 0.25) is 0 Å². The Morgan fingerprint density at radius 3 is 2.53 bits per heavy atom. The first-order chi connectivity index (χ1) is 7.16. The van der Waals surface area contributed by atoms with Gasteiger partial charge < -0.3 is 5.11 Å². The summed E-state index contributed by atoms with van der Waals surface area (Å²) in [4.78, 5) is 0. The zero-order valence-electron chi connectivity index (χ0n) is 7.74. The fourth-order valence-electron chi connectivity index (χ4n) is 1.40. The predicted octanol–water partition coefficient (Wildman–Crippen LogP) is 4.48. The van der Waals surface area contributed by atoms with Gasteiger partial charge in [0.15, 0.2) is 0 Å². The molecule has 0 fully saturated rings. The Kier molecular flexibility index (Phi) is 2.98. The van der Waals surface area contributed by atoms with Gasteiger partial charge in [-0.15, -0.1) is 0 Å². The Hall–Kier alpha value is -0.990. The van der Waals surface area contributed by atoms with Crippen molar-refractivity contribution in [1.29, 1.82) is 0 Å². The molecule has 1 nitrogen and oxygen atoms in total. The van der Waals surface area contributed by atoms with E-state index in [1.54, 1.807) is 12.1 Å². The van der Waals surface area contributed by atoms with Crippen molar-refractivity contribution in [2.45, 2.75) is 0 Å². The van der Waals surface area contributed by atoms with Crippen molar-refractivity contribution in [3.05, 3.63) is 52.0 Å². The minimum Gasteiger partial charge on any atom is -0.507 e. The maximum Gasteiger partial charge on any atom is 0.124 e. The normalized spacial score (nSPS) is 10.3. The summed E-state index contributed by atoms with van der Waals surface area (Å²) in [5.41, 5.74) is 1.74. The molecular formula is C12H8BrClO. The van der Waals surface area contributed by atoms with Crippen molar-refractivity contribution in [2.75, 3.05) is 0 Å². The van der Waals surface area contributed by atoms with Gasteiger partial charge in [-0.2, -0.15) is 0 Å². The second-order valence-corrected chi connectivity index (χ2v) is 4.52. The molecule has 0 amide bonds. The number of aromatic hydroxyl groups is 1. The fourth-order valence-corrected chi connectivity index (χ4v) is 1.97. The van der Waals surface area contributed by atoms with Crippen LogP contribution in [0.4, 0.5) is 0 Å². The van der Waals surface area contributed by atoms with Gasteiger partial charge in [-0.3, -0.25) is 0 Å². The second-order valence-electron chi connectivity index (χ2n) is 3.17. The van der Waals surface area contributed by atoms with E-state index >= 15 is 0 Å². The topological polar surface area (TPSA) is 20.2 Å². The number of hydrogen-bond donors (Lipinski definition) is 1.